The molecule has 4 aromatic rings. The van der Waals surface area contributed by atoms with Crippen LogP contribution in [0.5, 0.6) is 0 Å². The Kier molecular flexibility index (Phi) is 34.6. The summed E-state index contributed by atoms with van der Waals surface area (Å²) in [6, 6.07) is 31.4. The number of nitrogens with zero attached hydrogens (tertiary/aromatic N) is 16. The molecule has 16 nitrogen and oxygen atoms in total. The number of para-hydroxylation sites is 2. The Morgan fingerprint density at radius 3 is 0.932 bits per heavy atom. The van der Waals surface area contributed by atoms with E-state index < -0.39 is 0 Å². The van der Waals surface area contributed by atoms with Gasteiger partial charge in [0.2, 0.25) is 0 Å². The van der Waals surface area contributed by atoms with Gasteiger partial charge in [-0.2, -0.15) is 0 Å². The van der Waals surface area contributed by atoms with Gasteiger partial charge in [0.05, 0.1) is 34.2 Å². The van der Waals surface area contributed by atoms with E-state index in [1.807, 2.05) is 111 Å². The molecule has 2 radical (unpaired) electrons. The predicted octanol–water partition coefficient (Wildman–Crippen LogP) is 9.90. The predicted molar refractivity (Wildman–Crippen MR) is 165 cm³/mol. The molecule has 0 fully saturated rings. The zero-order valence-corrected chi connectivity index (χ0v) is 25.0. The normalized spacial score (nSPS) is 8.50. The van der Waals surface area contributed by atoms with Crippen LogP contribution in [-0.2, 0) is 34.1 Å². The van der Waals surface area contributed by atoms with Crippen molar-refractivity contribution in [2.24, 2.45) is 9.98 Å². The molecule has 2 aromatic carbocycles. The van der Waals surface area contributed by atoms with Gasteiger partial charge in [0, 0.05) is 12.4 Å². The van der Waals surface area contributed by atoms with Crippen molar-refractivity contribution in [1.29, 1.82) is 0 Å². The number of pyridine rings is 2. The molecular formula is C26H24Cu2N16. The molecule has 0 unspecified atom stereocenters. The summed E-state index contributed by atoms with van der Waals surface area (Å²) >= 11 is 0. The standard InChI is InChI=1S/2C13H12N2.2Cu.4N3/c2*1-11(13-9-5-6-10-14-13)15-12-7-3-2-4-8-12;;;4*1-3-2/h2*2-10H,1H3;;;;;;/q;;2*+2;4*-1. The van der Waals surface area contributed by atoms with Crippen LogP contribution in [0.3, 0.4) is 0 Å². The van der Waals surface area contributed by atoms with E-state index in [0.717, 1.165) is 34.2 Å². The van der Waals surface area contributed by atoms with Crippen molar-refractivity contribution in [1.82, 2.24) is 9.97 Å². The summed E-state index contributed by atoms with van der Waals surface area (Å²) < 4.78 is 0. The van der Waals surface area contributed by atoms with Crippen molar-refractivity contribution < 1.29 is 34.1 Å². The summed E-state index contributed by atoms with van der Waals surface area (Å²) in [6.45, 7) is 3.94. The van der Waals surface area contributed by atoms with Crippen LogP contribution in [0, 0.1) is 0 Å². The SMILES string of the molecule is CC(=Nc1ccccc1)c1ccccn1.CC(=Nc1ccccc1)c1ccccn1.[Cu+2].[Cu+2].[N-]=[N+]=[N-].[N-]=[N+]=[N-].[N-]=[N+]=[N-].[N-]=[N+]=[N-]. The molecule has 0 amide bonds. The summed E-state index contributed by atoms with van der Waals surface area (Å²) in [4.78, 5) is 23.5. The first-order valence-electron chi connectivity index (χ1n) is 11.4. The minimum absolute atomic E-state index is 0. The van der Waals surface area contributed by atoms with Gasteiger partial charge in [-0.1, -0.05) is 48.5 Å². The van der Waals surface area contributed by atoms with Gasteiger partial charge < -0.3 is 44.2 Å². The second kappa shape index (κ2) is 33.6. The Balaban J connectivity index is -0.000000260. The molecule has 230 valence electrons. The summed E-state index contributed by atoms with van der Waals surface area (Å²) in [7, 11) is 0. The Hall–Kier alpha value is -5.64. The maximum absolute atomic E-state index is 6.75. The third-order valence-electron chi connectivity index (χ3n) is 4.18. The van der Waals surface area contributed by atoms with Crippen LogP contribution < -0.4 is 0 Å². The first-order chi connectivity index (χ1) is 20.4. The number of benzene rings is 2. The molecule has 0 N–H and O–H groups in total. The van der Waals surface area contributed by atoms with Gasteiger partial charge in [0.25, 0.3) is 0 Å². The van der Waals surface area contributed by atoms with Crippen molar-refractivity contribution in [2.75, 3.05) is 0 Å². The van der Waals surface area contributed by atoms with Gasteiger partial charge in [0.15, 0.2) is 0 Å². The molecule has 0 saturated carbocycles. The van der Waals surface area contributed by atoms with E-state index >= 15 is 0 Å². The average molecular weight is 688 g/mol. The molecular weight excluding hydrogens is 663 g/mol. The van der Waals surface area contributed by atoms with Crippen LogP contribution in [0.2, 0.25) is 0 Å². The van der Waals surface area contributed by atoms with E-state index in [4.69, 9.17) is 44.2 Å². The van der Waals surface area contributed by atoms with Gasteiger partial charge >= 0.3 is 34.1 Å². The Morgan fingerprint density at radius 2 is 0.705 bits per heavy atom. The van der Waals surface area contributed by atoms with E-state index in [-0.39, 0.29) is 34.1 Å². The molecule has 0 aliphatic carbocycles. The molecule has 0 aliphatic rings. The first kappa shape index (κ1) is 45.3. The molecule has 18 heteroatoms. The minimum Gasteiger partial charge on any atom is -0.373 e. The van der Waals surface area contributed by atoms with Crippen LogP contribution in [0.4, 0.5) is 11.4 Å². The summed E-state index contributed by atoms with van der Waals surface area (Å²) in [5, 5.41) is 0. The molecule has 0 spiro atoms. The summed E-state index contributed by atoms with van der Waals surface area (Å²) in [5.74, 6) is 0. The third kappa shape index (κ3) is 25.3. The van der Waals surface area contributed by atoms with Gasteiger partial charge in [-0.15, -0.1) is 0 Å². The quantitative estimate of drug-likeness (QED) is 0.0665. The monoisotopic (exact) mass is 686 g/mol. The average Bonchev–Trinajstić information content (AvgIpc) is 3.01. The second-order valence-electron chi connectivity index (χ2n) is 6.85. The summed E-state index contributed by atoms with van der Waals surface area (Å²) in [6.07, 6.45) is 3.55. The fraction of sp³-hybridized carbons (Fsp3) is 0.0769. The van der Waals surface area contributed by atoms with Gasteiger partial charge in [-0.25, -0.2) is 0 Å². The van der Waals surface area contributed by atoms with Crippen LogP contribution in [0.25, 0.3) is 63.9 Å². The number of aromatic nitrogens is 2. The van der Waals surface area contributed by atoms with Gasteiger partial charge in [0.1, 0.15) is 0 Å². The van der Waals surface area contributed by atoms with E-state index in [1.54, 1.807) is 12.4 Å². The fourth-order valence-corrected chi connectivity index (χ4v) is 2.66. The van der Waals surface area contributed by atoms with Crippen LogP contribution in [-0.4, -0.2) is 21.4 Å². The fourth-order valence-electron chi connectivity index (χ4n) is 2.66. The van der Waals surface area contributed by atoms with E-state index in [1.165, 1.54) is 19.6 Å². The van der Waals surface area contributed by atoms with E-state index in [0.29, 0.717) is 0 Å². The van der Waals surface area contributed by atoms with Crippen LogP contribution >= 0.6 is 0 Å². The molecule has 0 saturated heterocycles. The van der Waals surface area contributed by atoms with E-state index in [9.17, 15) is 0 Å². The van der Waals surface area contributed by atoms with Crippen molar-refractivity contribution in [3.63, 3.8) is 0 Å². The Bertz CT molecular complexity index is 1320. The number of hydrogen-bond acceptors (Lipinski definition) is 4. The van der Waals surface area contributed by atoms with Crippen LogP contribution in [0.1, 0.15) is 25.2 Å². The zero-order valence-electron chi connectivity index (χ0n) is 23.2. The second-order valence-corrected chi connectivity index (χ2v) is 6.85. The third-order valence-corrected chi connectivity index (χ3v) is 4.18. The topological polar surface area (TPSA) is 285 Å². The number of aliphatic imine (C=N–C) groups is 2. The molecule has 4 rings (SSSR count). The zero-order chi connectivity index (χ0) is 31.8. The largest absolute Gasteiger partial charge is 2.00 e. The Morgan fingerprint density at radius 1 is 0.455 bits per heavy atom. The molecule has 2 aromatic heterocycles. The number of hydrogen-bond donors (Lipinski definition) is 0. The molecule has 0 atom stereocenters. The molecule has 0 aliphatic heterocycles. The van der Waals surface area contributed by atoms with Gasteiger partial charge in [-0.3, -0.25) is 39.6 Å². The van der Waals surface area contributed by atoms with Crippen molar-refractivity contribution in [3.05, 3.63) is 185 Å². The first-order valence-corrected chi connectivity index (χ1v) is 11.4. The van der Waals surface area contributed by atoms with Crippen molar-refractivity contribution in [2.45, 2.75) is 13.8 Å². The van der Waals surface area contributed by atoms with Crippen molar-refractivity contribution in [3.8, 4) is 0 Å². The maximum atomic E-state index is 6.75. The summed E-state index contributed by atoms with van der Waals surface area (Å²) in [5.41, 5.74) is 59.6. The minimum atomic E-state index is 0. The molecule has 0 bridgehead atoms. The van der Waals surface area contributed by atoms with Crippen LogP contribution in [0.15, 0.2) is 119 Å². The molecule has 44 heavy (non-hydrogen) atoms. The van der Waals surface area contributed by atoms with Gasteiger partial charge in [-0.05, 0) is 62.4 Å². The van der Waals surface area contributed by atoms with E-state index in [2.05, 4.69) is 20.0 Å². The smallest absolute Gasteiger partial charge is 0.373 e. The number of rotatable bonds is 4. The Labute approximate surface area is 274 Å². The maximum Gasteiger partial charge on any atom is 2.00 e. The molecule has 2 heterocycles. The van der Waals surface area contributed by atoms with Crippen molar-refractivity contribution >= 4 is 22.8 Å².